The van der Waals surface area contributed by atoms with Gasteiger partial charge in [0.05, 0.1) is 14.2 Å². The van der Waals surface area contributed by atoms with Gasteiger partial charge in [-0.1, -0.05) is 30.3 Å². The summed E-state index contributed by atoms with van der Waals surface area (Å²) in [7, 11) is 3.25. The van der Waals surface area contributed by atoms with Crippen LogP contribution in [0.5, 0.6) is 5.75 Å². The molecule has 2 aromatic carbocycles. The van der Waals surface area contributed by atoms with Gasteiger partial charge in [-0.25, -0.2) is 0 Å². The summed E-state index contributed by atoms with van der Waals surface area (Å²) in [6, 6.07) is 15.9. The number of hydrogen-bond acceptors (Lipinski definition) is 3. The summed E-state index contributed by atoms with van der Waals surface area (Å²) in [5, 5.41) is 0.500. The maximum absolute atomic E-state index is 5.22. The summed E-state index contributed by atoms with van der Waals surface area (Å²) < 4.78 is 10.3. The third-order valence-corrected chi connectivity index (χ3v) is 3.09. The molecule has 2 rings (SSSR count). The minimum Gasteiger partial charge on any atom is -0.497 e. The topological polar surface area (TPSA) is 18.5 Å². The molecule has 0 aliphatic rings. The molecule has 3 heteroatoms. The van der Waals surface area contributed by atoms with Crippen molar-refractivity contribution in [3.05, 3.63) is 54.1 Å². The van der Waals surface area contributed by atoms with Crippen LogP contribution in [-0.4, -0.2) is 19.3 Å². The van der Waals surface area contributed by atoms with Crippen LogP contribution in [0.25, 0.3) is 11.1 Å². The van der Waals surface area contributed by atoms with Crippen molar-refractivity contribution >= 4 is 17.3 Å². The van der Waals surface area contributed by atoms with E-state index in [1.807, 2.05) is 48.5 Å². The summed E-state index contributed by atoms with van der Waals surface area (Å²) in [6.07, 6.45) is 0. The van der Waals surface area contributed by atoms with Gasteiger partial charge >= 0.3 is 0 Å². The molecule has 0 radical (unpaired) electrons. The SMILES string of the molecule is COC(=S)c1cccc(-c2cccc(OC)c2)c1. The maximum Gasteiger partial charge on any atom is 0.190 e. The van der Waals surface area contributed by atoms with Crippen molar-refractivity contribution in [2.24, 2.45) is 0 Å². The predicted molar refractivity (Wildman–Crippen MR) is 77.1 cm³/mol. The molecule has 0 spiro atoms. The molecule has 0 aromatic heterocycles. The van der Waals surface area contributed by atoms with Gasteiger partial charge in [-0.15, -0.1) is 0 Å². The van der Waals surface area contributed by atoms with E-state index in [0.717, 1.165) is 22.4 Å². The fraction of sp³-hybridized carbons (Fsp3) is 0.133. The molecule has 2 nitrogen and oxygen atoms in total. The molecule has 18 heavy (non-hydrogen) atoms. The minimum atomic E-state index is 0.500. The van der Waals surface area contributed by atoms with Crippen LogP contribution < -0.4 is 4.74 Å². The normalized spacial score (nSPS) is 9.89. The number of benzene rings is 2. The van der Waals surface area contributed by atoms with Gasteiger partial charge in [-0.05, 0) is 41.5 Å². The van der Waals surface area contributed by atoms with Crippen molar-refractivity contribution in [1.29, 1.82) is 0 Å². The van der Waals surface area contributed by atoms with Gasteiger partial charge in [0, 0.05) is 5.56 Å². The van der Waals surface area contributed by atoms with Crippen molar-refractivity contribution < 1.29 is 9.47 Å². The molecule has 0 saturated heterocycles. The lowest BCUT2D eigenvalue weighted by Gasteiger charge is -2.07. The largest absolute Gasteiger partial charge is 0.497 e. The molecular formula is C15H14O2S. The molecule has 0 unspecified atom stereocenters. The summed E-state index contributed by atoms with van der Waals surface area (Å²) in [4.78, 5) is 0. The smallest absolute Gasteiger partial charge is 0.190 e. The van der Waals surface area contributed by atoms with E-state index < -0.39 is 0 Å². The van der Waals surface area contributed by atoms with E-state index in [2.05, 4.69) is 0 Å². The number of hydrogen-bond donors (Lipinski definition) is 0. The maximum atomic E-state index is 5.22. The average molecular weight is 258 g/mol. The highest BCUT2D eigenvalue weighted by Crippen LogP contribution is 2.24. The fourth-order valence-corrected chi connectivity index (χ4v) is 1.87. The van der Waals surface area contributed by atoms with Gasteiger partial charge in [0.15, 0.2) is 5.05 Å². The van der Waals surface area contributed by atoms with Gasteiger partial charge in [-0.3, -0.25) is 0 Å². The van der Waals surface area contributed by atoms with E-state index in [1.54, 1.807) is 14.2 Å². The Kier molecular flexibility index (Phi) is 3.95. The van der Waals surface area contributed by atoms with Crippen LogP contribution in [0.3, 0.4) is 0 Å². The van der Waals surface area contributed by atoms with Crippen molar-refractivity contribution in [3.8, 4) is 16.9 Å². The van der Waals surface area contributed by atoms with Gasteiger partial charge in [0.2, 0.25) is 0 Å². The first-order chi connectivity index (χ1) is 8.74. The molecule has 0 heterocycles. The Morgan fingerprint density at radius 2 is 1.61 bits per heavy atom. The second-order valence-corrected chi connectivity index (χ2v) is 4.18. The Morgan fingerprint density at radius 3 is 2.28 bits per heavy atom. The van der Waals surface area contributed by atoms with Gasteiger partial charge in [0.1, 0.15) is 5.75 Å². The van der Waals surface area contributed by atoms with Crippen LogP contribution in [0.4, 0.5) is 0 Å². The number of ether oxygens (including phenoxy) is 2. The van der Waals surface area contributed by atoms with E-state index in [-0.39, 0.29) is 0 Å². The molecular weight excluding hydrogens is 244 g/mol. The van der Waals surface area contributed by atoms with Crippen LogP contribution in [0, 0.1) is 0 Å². The Bertz CT molecular complexity index is 564. The first-order valence-electron chi connectivity index (χ1n) is 5.57. The zero-order chi connectivity index (χ0) is 13.0. The van der Waals surface area contributed by atoms with Crippen molar-refractivity contribution in [1.82, 2.24) is 0 Å². The van der Waals surface area contributed by atoms with E-state index in [0.29, 0.717) is 5.05 Å². The van der Waals surface area contributed by atoms with Crippen molar-refractivity contribution in [2.75, 3.05) is 14.2 Å². The molecule has 0 bridgehead atoms. The molecule has 92 valence electrons. The highest BCUT2D eigenvalue weighted by molar-refractivity contribution is 7.80. The molecule has 2 aromatic rings. The van der Waals surface area contributed by atoms with Gasteiger partial charge < -0.3 is 9.47 Å². The number of methoxy groups -OCH3 is 2. The van der Waals surface area contributed by atoms with Crippen LogP contribution >= 0.6 is 12.2 Å². The monoisotopic (exact) mass is 258 g/mol. The Hall–Kier alpha value is -1.87. The zero-order valence-corrected chi connectivity index (χ0v) is 11.2. The van der Waals surface area contributed by atoms with E-state index in [1.165, 1.54) is 0 Å². The van der Waals surface area contributed by atoms with Crippen LogP contribution in [0.1, 0.15) is 5.56 Å². The zero-order valence-electron chi connectivity index (χ0n) is 10.3. The molecule has 0 aliphatic carbocycles. The van der Waals surface area contributed by atoms with Gasteiger partial charge in [-0.2, -0.15) is 0 Å². The molecule has 0 N–H and O–H groups in total. The lowest BCUT2D eigenvalue weighted by Crippen LogP contribution is -1.99. The third-order valence-electron chi connectivity index (χ3n) is 2.69. The van der Waals surface area contributed by atoms with Crippen molar-refractivity contribution in [2.45, 2.75) is 0 Å². The average Bonchev–Trinajstić information content (AvgIpc) is 2.46. The lowest BCUT2D eigenvalue weighted by atomic mass is 10.0. The number of thiocarbonyl (C=S) groups is 1. The van der Waals surface area contributed by atoms with Crippen molar-refractivity contribution in [3.63, 3.8) is 0 Å². The van der Waals surface area contributed by atoms with Crippen LogP contribution in [-0.2, 0) is 4.74 Å². The molecule has 0 saturated carbocycles. The Balaban J connectivity index is 2.41. The van der Waals surface area contributed by atoms with Gasteiger partial charge in [0.25, 0.3) is 0 Å². The Labute approximate surface area is 112 Å². The quantitative estimate of drug-likeness (QED) is 0.782. The minimum absolute atomic E-state index is 0.500. The predicted octanol–water partition coefficient (Wildman–Crippen LogP) is 3.68. The fourth-order valence-electron chi connectivity index (χ4n) is 1.75. The second-order valence-electron chi connectivity index (χ2n) is 3.80. The molecule has 0 aliphatic heterocycles. The molecule has 0 atom stereocenters. The first-order valence-corrected chi connectivity index (χ1v) is 5.98. The Morgan fingerprint density at radius 1 is 0.944 bits per heavy atom. The van der Waals surface area contributed by atoms with E-state index in [9.17, 15) is 0 Å². The first kappa shape index (κ1) is 12.6. The summed E-state index contributed by atoms with van der Waals surface area (Å²) in [5.41, 5.74) is 3.09. The standard InChI is InChI=1S/C15H14O2S/c1-16-14-8-4-6-12(10-14)11-5-3-7-13(9-11)15(18)17-2/h3-10H,1-2H3. The van der Waals surface area contributed by atoms with Crippen LogP contribution in [0.2, 0.25) is 0 Å². The number of rotatable bonds is 3. The third kappa shape index (κ3) is 2.68. The van der Waals surface area contributed by atoms with E-state index >= 15 is 0 Å². The second kappa shape index (κ2) is 5.65. The summed E-state index contributed by atoms with van der Waals surface area (Å²) in [5.74, 6) is 0.840. The summed E-state index contributed by atoms with van der Waals surface area (Å²) >= 11 is 5.13. The van der Waals surface area contributed by atoms with E-state index in [4.69, 9.17) is 21.7 Å². The molecule has 0 amide bonds. The van der Waals surface area contributed by atoms with Crippen LogP contribution in [0.15, 0.2) is 48.5 Å². The molecule has 0 fully saturated rings. The summed E-state index contributed by atoms with van der Waals surface area (Å²) in [6.45, 7) is 0. The highest BCUT2D eigenvalue weighted by atomic mass is 32.1. The highest BCUT2D eigenvalue weighted by Gasteiger charge is 2.04. The lowest BCUT2D eigenvalue weighted by molar-refractivity contribution is 0.415.